The molecule has 7 aromatic rings. The Morgan fingerprint density at radius 1 is 0.513 bits per heavy atom. The lowest BCUT2D eigenvalue weighted by Gasteiger charge is -2.33. The van der Waals surface area contributed by atoms with Crippen molar-refractivity contribution in [2.24, 2.45) is 0 Å². The van der Waals surface area contributed by atoms with Crippen LogP contribution in [0.25, 0.3) is 55.7 Å². The maximum absolute atomic E-state index is 5.10. The summed E-state index contributed by atoms with van der Waals surface area (Å²) in [7, 11) is 0. The van der Waals surface area contributed by atoms with E-state index in [1.807, 2.05) is 0 Å². The van der Waals surface area contributed by atoms with Crippen molar-refractivity contribution in [2.45, 2.75) is 13.8 Å². The summed E-state index contributed by atoms with van der Waals surface area (Å²) in [6.45, 7) is 4.33. The third kappa shape index (κ3) is 2.69. The van der Waals surface area contributed by atoms with Crippen LogP contribution < -0.4 is 16.4 Å². The first kappa shape index (κ1) is 21.1. The second-order valence-electron chi connectivity index (χ2n) is 10.7. The number of aromatic nitrogens is 4. The van der Waals surface area contributed by atoms with E-state index in [-0.39, 0.29) is 6.71 Å². The molecule has 0 bridgehead atoms. The number of imidazole rings is 2. The van der Waals surface area contributed by atoms with Gasteiger partial charge in [0, 0.05) is 11.4 Å². The summed E-state index contributed by atoms with van der Waals surface area (Å²) < 4.78 is 4.73. The molecule has 0 saturated heterocycles. The SMILES string of the molecule is Cc1nc2cc(-c3ccccc3)cc3c2n1-c1cccc2c1B3c1cc(-c3ccccc3)cc3nc(C)n-2c13. The fraction of sp³-hybridized carbons (Fsp3) is 0.0588. The van der Waals surface area contributed by atoms with Gasteiger partial charge in [-0.2, -0.15) is 0 Å². The summed E-state index contributed by atoms with van der Waals surface area (Å²) in [4.78, 5) is 10.2. The second-order valence-corrected chi connectivity index (χ2v) is 10.7. The molecule has 4 nitrogen and oxygen atoms in total. The Bertz CT molecular complexity index is 1990. The number of fused-ring (bicyclic) bond motifs is 4. The lowest BCUT2D eigenvalue weighted by atomic mass is 9.34. The minimum atomic E-state index is 0.0840. The van der Waals surface area contributed by atoms with Gasteiger partial charge in [-0.1, -0.05) is 78.9 Å². The van der Waals surface area contributed by atoms with E-state index in [4.69, 9.17) is 9.97 Å². The highest BCUT2D eigenvalue weighted by atomic mass is 15.1. The van der Waals surface area contributed by atoms with E-state index >= 15 is 0 Å². The molecule has 0 fully saturated rings. The van der Waals surface area contributed by atoms with Crippen LogP contribution in [0.2, 0.25) is 0 Å². The number of rotatable bonds is 2. The minimum absolute atomic E-state index is 0.0840. The molecule has 9 rings (SSSR count). The molecule has 2 aliphatic heterocycles. The molecule has 0 saturated carbocycles. The van der Waals surface area contributed by atoms with Crippen molar-refractivity contribution in [2.75, 3.05) is 0 Å². The zero-order valence-electron chi connectivity index (χ0n) is 21.7. The molecular weight excluding hydrogens is 475 g/mol. The van der Waals surface area contributed by atoms with Crippen LogP contribution in [-0.4, -0.2) is 25.8 Å². The second kappa shape index (κ2) is 7.36. The zero-order valence-corrected chi connectivity index (χ0v) is 21.7. The van der Waals surface area contributed by atoms with Gasteiger partial charge in [0.25, 0.3) is 6.71 Å². The highest BCUT2D eigenvalue weighted by molar-refractivity contribution is 7.00. The van der Waals surface area contributed by atoms with Crippen LogP contribution in [0.5, 0.6) is 0 Å². The van der Waals surface area contributed by atoms with Crippen LogP contribution in [0, 0.1) is 13.8 Å². The highest BCUT2D eigenvalue weighted by Crippen LogP contribution is 2.34. The topological polar surface area (TPSA) is 35.6 Å². The predicted octanol–water partition coefficient (Wildman–Crippen LogP) is 5.46. The van der Waals surface area contributed by atoms with Gasteiger partial charge in [-0.05, 0) is 76.8 Å². The number of hydrogen-bond donors (Lipinski definition) is 0. The lowest BCUT2D eigenvalue weighted by Crippen LogP contribution is -2.59. The Kier molecular flexibility index (Phi) is 3.98. The van der Waals surface area contributed by atoms with E-state index < -0.39 is 0 Å². The summed E-state index contributed by atoms with van der Waals surface area (Å²) in [6, 6.07) is 37.3. The molecule has 0 radical (unpaired) electrons. The molecule has 2 aromatic heterocycles. The van der Waals surface area contributed by atoms with E-state index in [2.05, 4.69) is 126 Å². The van der Waals surface area contributed by atoms with Gasteiger partial charge in [0.1, 0.15) is 11.6 Å². The smallest absolute Gasteiger partial charge is 0.252 e. The molecule has 5 heteroatoms. The van der Waals surface area contributed by atoms with Gasteiger partial charge in [-0.3, -0.25) is 9.13 Å². The van der Waals surface area contributed by atoms with Crippen LogP contribution >= 0.6 is 0 Å². The molecule has 182 valence electrons. The fourth-order valence-corrected chi connectivity index (χ4v) is 7.04. The molecule has 0 N–H and O–H groups in total. The molecule has 5 aromatic carbocycles. The number of nitrogens with zero attached hydrogens (tertiary/aromatic N) is 4. The summed E-state index contributed by atoms with van der Waals surface area (Å²) in [5.41, 5.74) is 15.7. The van der Waals surface area contributed by atoms with Crippen molar-refractivity contribution >= 4 is 45.2 Å². The molecule has 39 heavy (non-hydrogen) atoms. The van der Waals surface area contributed by atoms with Gasteiger partial charge < -0.3 is 0 Å². The van der Waals surface area contributed by atoms with Gasteiger partial charge in [-0.25, -0.2) is 9.97 Å². The van der Waals surface area contributed by atoms with Crippen LogP contribution in [0.1, 0.15) is 11.6 Å². The Balaban J connectivity index is 1.45. The van der Waals surface area contributed by atoms with E-state index in [0.717, 1.165) is 22.7 Å². The molecule has 0 atom stereocenters. The lowest BCUT2D eigenvalue weighted by molar-refractivity contribution is 0.981. The molecule has 0 unspecified atom stereocenters. The van der Waals surface area contributed by atoms with Crippen LogP contribution in [0.15, 0.2) is 103 Å². The number of hydrogen-bond acceptors (Lipinski definition) is 2. The van der Waals surface area contributed by atoms with Crippen molar-refractivity contribution in [3.05, 3.63) is 115 Å². The largest absolute Gasteiger partial charge is 0.297 e. The van der Waals surface area contributed by atoms with E-state index in [9.17, 15) is 0 Å². The third-order valence-electron chi connectivity index (χ3n) is 8.56. The van der Waals surface area contributed by atoms with E-state index in [1.165, 1.54) is 61.1 Å². The molecule has 2 aliphatic rings. The van der Waals surface area contributed by atoms with Crippen molar-refractivity contribution in [3.63, 3.8) is 0 Å². The maximum Gasteiger partial charge on any atom is 0.252 e. The molecule has 4 heterocycles. The number of aryl methyl sites for hydroxylation is 2. The average molecular weight is 498 g/mol. The Labute approximate surface area is 226 Å². The summed E-state index contributed by atoms with van der Waals surface area (Å²) >= 11 is 0. The Hall–Kier alpha value is -4.90. The molecule has 0 spiro atoms. The van der Waals surface area contributed by atoms with Gasteiger partial charge >= 0.3 is 0 Å². The van der Waals surface area contributed by atoms with Crippen LogP contribution in [0.3, 0.4) is 0 Å². The first-order chi connectivity index (χ1) is 19.2. The van der Waals surface area contributed by atoms with Crippen molar-refractivity contribution in [3.8, 4) is 33.6 Å². The van der Waals surface area contributed by atoms with E-state index in [1.54, 1.807) is 0 Å². The monoisotopic (exact) mass is 498 g/mol. The van der Waals surface area contributed by atoms with Gasteiger partial charge in [0.05, 0.1) is 22.1 Å². The van der Waals surface area contributed by atoms with Crippen LogP contribution in [-0.2, 0) is 0 Å². The third-order valence-corrected chi connectivity index (χ3v) is 8.56. The summed E-state index contributed by atoms with van der Waals surface area (Å²) in [5.74, 6) is 2.03. The maximum atomic E-state index is 5.10. The first-order valence-corrected chi connectivity index (χ1v) is 13.5. The summed E-state index contributed by atoms with van der Waals surface area (Å²) in [6.07, 6.45) is 0. The van der Waals surface area contributed by atoms with Crippen molar-refractivity contribution in [1.82, 2.24) is 19.1 Å². The van der Waals surface area contributed by atoms with Crippen molar-refractivity contribution < 1.29 is 0 Å². The Morgan fingerprint density at radius 3 is 1.44 bits per heavy atom. The average Bonchev–Trinajstić information content (AvgIpc) is 3.49. The first-order valence-electron chi connectivity index (χ1n) is 13.5. The minimum Gasteiger partial charge on any atom is -0.297 e. The number of benzene rings is 5. The van der Waals surface area contributed by atoms with Gasteiger partial charge in [-0.15, -0.1) is 0 Å². The molecular formula is C34H23BN4. The molecule has 0 amide bonds. The van der Waals surface area contributed by atoms with Crippen molar-refractivity contribution in [1.29, 1.82) is 0 Å². The Morgan fingerprint density at radius 2 is 0.974 bits per heavy atom. The van der Waals surface area contributed by atoms with Gasteiger partial charge in [0.15, 0.2) is 0 Å². The standard InChI is InChI=1S/C34H23BN4/c1-20-36-28-18-24(22-10-5-3-6-11-22)16-26-33(28)38(20)30-14-9-15-31-32(30)35(26)27-17-25(23-12-7-4-8-13-23)19-29-34(27)39(31)21(2)37-29/h3-19H,1-2H3. The summed E-state index contributed by atoms with van der Waals surface area (Å²) in [5, 5.41) is 0. The molecule has 0 aliphatic carbocycles. The quantitative estimate of drug-likeness (QED) is 0.297. The van der Waals surface area contributed by atoms with Crippen LogP contribution in [0.4, 0.5) is 0 Å². The highest BCUT2D eigenvalue weighted by Gasteiger charge is 2.41. The fourth-order valence-electron chi connectivity index (χ4n) is 7.04. The van der Waals surface area contributed by atoms with E-state index in [0.29, 0.717) is 0 Å². The zero-order chi connectivity index (χ0) is 25.8. The predicted molar refractivity (Wildman–Crippen MR) is 161 cm³/mol. The van der Waals surface area contributed by atoms with Gasteiger partial charge in [0.2, 0.25) is 0 Å². The normalized spacial score (nSPS) is 12.8.